The van der Waals surface area contributed by atoms with Crippen molar-refractivity contribution in [3.63, 3.8) is 0 Å². The van der Waals surface area contributed by atoms with Crippen LogP contribution in [0.5, 0.6) is 0 Å². The topological polar surface area (TPSA) is 32.3 Å². The third-order valence-corrected chi connectivity index (χ3v) is 4.84. The SMILES string of the molecule is CC1(C)C2CN(C(=O)C3CCNC3)CC21. The summed E-state index contributed by atoms with van der Waals surface area (Å²) in [5.74, 6) is 2.25. The lowest BCUT2D eigenvalue weighted by atomic mass is 10.0. The summed E-state index contributed by atoms with van der Waals surface area (Å²) < 4.78 is 0. The van der Waals surface area contributed by atoms with Gasteiger partial charge in [-0.3, -0.25) is 4.79 Å². The first kappa shape index (κ1) is 9.64. The van der Waals surface area contributed by atoms with Gasteiger partial charge in [-0.25, -0.2) is 0 Å². The molecule has 3 nitrogen and oxygen atoms in total. The van der Waals surface area contributed by atoms with Crippen LogP contribution in [0.2, 0.25) is 0 Å². The van der Waals surface area contributed by atoms with Crippen molar-refractivity contribution < 1.29 is 4.79 Å². The van der Waals surface area contributed by atoms with Crippen molar-refractivity contribution >= 4 is 5.91 Å². The van der Waals surface area contributed by atoms with Gasteiger partial charge in [0.25, 0.3) is 0 Å². The summed E-state index contributed by atoms with van der Waals surface area (Å²) in [6.07, 6.45) is 1.04. The van der Waals surface area contributed by atoms with Gasteiger partial charge in [-0.15, -0.1) is 0 Å². The number of amides is 1. The van der Waals surface area contributed by atoms with Crippen molar-refractivity contribution in [2.24, 2.45) is 23.2 Å². The molecule has 15 heavy (non-hydrogen) atoms. The zero-order valence-electron chi connectivity index (χ0n) is 9.62. The van der Waals surface area contributed by atoms with E-state index in [1.54, 1.807) is 0 Å². The van der Waals surface area contributed by atoms with Gasteiger partial charge in [0.2, 0.25) is 5.91 Å². The van der Waals surface area contributed by atoms with E-state index in [2.05, 4.69) is 24.1 Å². The molecule has 2 saturated heterocycles. The smallest absolute Gasteiger partial charge is 0.227 e. The van der Waals surface area contributed by atoms with Crippen LogP contribution in [0.4, 0.5) is 0 Å². The molecule has 3 heteroatoms. The highest BCUT2D eigenvalue weighted by Crippen LogP contribution is 2.62. The number of fused-ring (bicyclic) bond motifs is 1. The normalized spacial score (nSPS) is 41.7. The lowest BCUT2D eigenvalue weighted by Gasteiger charge is -2.24. The van der Waals surface area contributed by atoms with Crippen LogP contribution in [-0.2, 0) is 4.79 Å². The first-order valence-electron chi connectivity index (χ1n) is 6.10. The Bertz CT molecular complexity index is 280. The molecule has 0 aromatic heterocycles. The second-order valence-electron chi connectivity index (χ2n) is 5.97. The summed E-state index contributed by atoms with van der Waals surface area (Å²) in [5.41, 5.74) is 0.519. The minimum absolute atomic E-state index is 0.269. The molecule has 3 rings (SSSR count). The van der Waals surface area contributed by atoms with Crippen molar-refractivity contribution in [2.45, 2.75) is 20.3 Å². The Kier molecular flexibility index (Phi) is 1.91. The molecular weight excluding hydrogens is 188 g/mol. The van der Waals surface area contributed by atoms with Crippen LogP contribution < -0.4 is 5.32 Å². The van der Waals surface area contributed by atoms with E-state index in [1.807, 2.05) is 0 Å². The Balaban J connectivity index is 1.60. The van der Waals surface area contributed by atoms with Gasteiger partial charge in [0, 0.05) is 19.6 Å². The predicted molar refractivity (Wildman–Crippen MR) is 58.3 cm³/mol. The summed E-state index contributed by atoms with van der Waals surface area (Å²) >= 11 is 0. The highest BCUT2D eigenvalue weighted by molar-refractivity contribution is 5.80. The maximum absolute atomic E-state index is 12.1. The second kappa shape index (κ2) is 2.97. The molecule has 0 bridgehead atoms. The van der Waals surface area contributed by atoms with Crippen molar-refractivity contribution in [2.75, 3.05) is 26.2 Å². The number of hydrogen-bond acceptors (Lipinski definition) is 2. The highest BCUT2D eigenvalue weighted by atomic mass is 16.2. The van der Waals surface area contributed by atoms with E-state index in [4.69, 9.17) is 0 Å². The van der Waals surface area contributed by atoms with Gasteiger partial charge >= 0.3 is 0 Å². The van der Waals surface area contributed by atoms with Crippen LogP contribution in [0.15, 0.2) is 0 Å². The Morgan fingerprint density at radius 3 is 2.53 bits per heavy atom. The average molecular weight is 208 g/mol. The number of carbonyl (C=O) groups is 1. The Hall–Kier alpha value is -0.570. The summed E-state index contributed by atoms with van der Waals surface area (Å²) in [5, 5.41) is 3.27. The number of hydrogen-bond donors (Lipinski definition) is 1. The average Bonchev–Trinajstić information content (AvgIpc) is 2.79. The lowest BCUT2D eigenvalue weighted by Crippen LogP contribution is -2.38. The largest absolute Gasteiger partial charge is 0.342 e. The highest BCUT2D eigenvalue weighted by Gasteiger charge is 2.62. The Morgan fingerprint density at radius 1 is 1.33 bits per heavy atom. The third kappa shape index (κ3) is 1.32. The number of nitrogens with zero attached hydrogens (tertiary/aromatic N) is 1. The zero-order chi connectivity index (χ0) is 10.6. The van der Waals surface area contributed by atoms with Gasteiger partial charge in [-0.05, 0) is 30.2 Å². The van der Waals surface area contributed by atoms with E-state index >= 15 is 0 Å². The van der Waals surface area contributed by atoms with Gasteiger partial charge in [0.15, 0.2) is 0 Å². The summed E-state index contributed by atoms with van der Waals surface area (Å²) in [4.78, 5) is 14.2. The molecule has 84 valence electrons. The molecule has 1 saturated carbocycles. The summed E-state index contributed by atoms with van der Waals surface area (Å²) in [7, 11) is 0. The fraction of sp³-hybridized carbons (Fsp3) is 0.917. The summed E-state index contributed by atoms with van der Waals surface area (Å²) in [6.45, 7) is 8.62. The first-order chi connectivity index (χ1) is 7.10. The third-order valence-electron chi connectivity index (χ3n) is 4.84. The lowest BCUT2D eigenvalue weighted by molar-refractivity contribution is -0.134. The number of piperidine rings is 1. The van der Waals surface area contributed by atoms with E-state index in [9.17, 15) is 4.79 Å². The standard InChI is InChI=1S/C12H20N2O/c1-12(2)9-6-14(7-10(9)12)11(15)8-3-4-13-5-8/h8-10,13H,3-7H2,1-2H3. The quantitative estimate of drug-likeness (QED) is 0.688. The summed E-state index contributed by atoms with van der Waals surface area (Å²) in [6, 6.07) is 0. The molecule has 2 aliphatic heterocycles. The first-order valence-corrected chi connectivity index (χ1v) is 6.10. The molecule has 0 radical (unpaired) electrons. The maximum atomic E-state index is 12.1. The minimum Gasteiger partial charge on any atom is -0.342 e. The van der Waals surface area contributed by atoms with E-state index in [0.717, 1.165) is 44.4 Å². The zero-order valence-corrected chi connectivity index (χ0v) is 9.62. The molecule has 0 spiro atoms. The number of likely N-dealkylation sites (tertiary alicyclic amines) is 1. The molecule has 0 aromatic carbocycles. The van der Waals surface area contributed by atoms with Gasteiger partial charge in [0.05, 0.1) is 5.92 Å². The Morgan fingerprint density at radius 2 is 2.00 bits per heavy atom. The molecule has 3 fully saturated rings. The number of carbonyl (C=O) groups excluding carboxylic acids is 1. The second-order valence-corrected chi connectivity index (χ2v) is 5.97. The van der Waals surface area contributed by atoms with Crippen LogP contribution in [0, 0.1) is 23.2 Å². The molecule has 3 aliphatic rings. The van der Waals surface area contributed by atoms with E-state index in [0.29, 0.717) is 11.3 Å². The molecule has 3 unspecified atom stereocenters. The van der Waals surface area contributed by atoms with Crippen molar-refractivity contribution in [3.8, 4) is 0 Å². The fourth-order valence-corrected chi connectivity index (χ4v) is 3.44. The van der Waals surface area contributed by atoms with Gasteiger partial charge in [0.1, 0.15) is 0 Å². The minimum atomic E-state index is 0.269. The Labute approximate surface area is 91.2 Å². The monoisotopic (exact) mass is 208 g/mol. The van der Waals surface area contributed by atoms with Gasteiger partial charge in [-0.1, -0.05) is 13.8 Å². The van der Waals surface area contributed by atoms with Crippen LogP contribution >= 0.6 is 0 Å². The van der Waals surface area contributed by atoms with Gasteiger partial charge < -0.3 is 10.2 Å². The molecule has 2 heterocycles. The molecule has 1 aliphatic carbocycles. The molecule has 3 atom stereocenters. The molecule has 1 amide bonds. The van der Waals surface area contributed by atoms with E-state index in [-0.39, 0.29) is 5.92 Å². The number of nitrogens with one attached hydrogen (secondary N) is 1. The fourth-order valence-electron chi connectivity index (χ4n) is 3.44. The molecular formula is C12H20N2O. The number of rotatable bonds is 1. The van der Waals surface area contributed by atoms with Crippen LogP contribution in [-0.4, -0.2) is 37.0 Å². The predicted octanol–water partition coefficient (Wildman–Crippen LogP) is 0.710. The van der Waals surface area contributed by atoms with E-state index < -0.39 is 0 Å². The van der Waals surface area contributed by atoms with Crippen molar-refractivity contribution in [1.82, 2.24) is 10.2 Å². The van der Waals surface area contributed by atoms with Gasteiger partial charge in [-0.2, -0.15) is 0 Å². The van der Waals surface area contributed by atoms with Crippen LogP contribution in [0.3, 0.4) is 0 Å². The molecule has 0 aromatic rings. The van der Waals surface area contributed by atoms with Crippen molar-refractivity contribution in [1.29, 1.82) is 0 Å². The van der Waals surface area contributed by atoms with E-state index in [1.165, 1.54) is 0 Å². The van der Waals surface area contributed by atoms with Crippen LogP contribution in [0.25, 0.3) is 0 Å². The maximum Gasteiger partial charge on any atom is 0.227 e. The van der Waals surface area contributed by atoms with Crippen molar-refractivity contribution in [3.05, 3.63) is 0 Å². The molecule has 1 N–H and O–H groups in total. The van der Waals surface area contributed by atoms with Crippen LogP contribution in [0.1, 0.15) is 20.3 Å².